The Morgan fingerprint density at radius 2 is 2.20 bits per heavy atom. The molecule has 1 fully saturated rings. The fourth-order valence-corrected chi connectivity index (χ4v) is 5.03. The number of ketones is 1. The van der Waals surface area contributed by atoms with Crippen molar-refractivity contribution in [3.05, 3.63) is 22.4 Å². The average molecular weight is 258 g/mol. The van der Waals surface area contributed by atoms with Crippen LogP contribution in [0.1, 0.15) is 24.2 Å². The summed E-state index contributed by atoms with van der Waals surface area (Å²) in [6.07, 6.45) is 0. The lowest BCUT2D eigenvalue weighted by atomic mass is 10.2. The number of carbonyl (C=O) groups excluding carboxylic acids is 1. The first kappa shape index (κ1) is 11.6. The Hall–Kier alpha value is 0.0700. The lowest BCUT2D eigenvalue weighted by Gasteiger charge is -2.30. The molecule has 0 aliphatic carbocycles. The fraction of sp³-hybridized carbons (Fsp3) is 0.545. The largest absolute Gasteiger partial charge is 0.293 e. The van der Waals surface area contributed by atoms with Gasteiger partial charge < -0.3 is 0 Å². The molecule has 1 aromatic heterocycles. The summed E-state index contributed by atoms with van der Waals surface area (Å²) in [6, 6.07) is 1.93. The Labute approximate surface area is 103 Å². The Balaban J connectivity index is 2.03. The molecule has 1 aromatic rings. The summed E-state index contributed by atoms with van der Waals surface area (Å²) in [5.74, 6) is 1.28. The molecule has 0 N–H and O–H groups in total. The van der Waals surface area contributed by atoms with Gasteiger partial charge in [0.15, 0.2) is 5.78 Å². The van der Waals surface area contributed by atoms with E-state index < -0.39 is 0 Å². The van der Waals surface area contributed by atoms with Gasteiger partial charge in [-0.2, -0.15) is 23.1 Å². The van der Waals surface area contributed by atoms with Gasteiger partial charge in [0.25, 0.3) is 0 Å². The molecule has 1 aliphatic rings. The number of thiophene rings is 1. The maximum atomic E-state index is 12.1. The van der Waals surface area contributed by atoms with E-state index in [1.54, 1.807) is 11.3 Å². The van der Waals surface area contributed by atoms with E-state index in [0.29, 0.717) is 16.3 Å². The lowest BCUT2D eigenvalue weighted by Crippen LogP contribution is -2.31. The fourth-order valence-electron chi connectivity index (χ4n) is 1.51. The second-order valence-corrected chi connectivity index (χ2v) is 7.52. The van der Waals surface area contributed by atoms with Crippen LogP contribution >= 0.6 is 34.9 Å². The Bertz CT molecular complexity index is 334. The van der Waals surface area contributed by atoms with Crippen LogP contribution in [0.5, 0.6) is 0 Å². The maximum absolute atomic E-state index is 12.1. The van der Waals surface area contributed by atoms with Crippen LogP contribution in [0.15, 0.2) is 16.8 Å². The molecule has 4 heteroatoms. The summed E-state index contributed by atoms with van der Waals surface area (Å²) in [5, 5.41) is 5.34. The van der Waals surface area contributed by atoms with Crippen molar-refractivity contribution < 1.29 is 4.79 Å². The van der Waals surface area contributed by atoms with Crippen molar-refractivity contribution in [3.8, 4) is 0 Å². The van der Waals surface area contributed by atoms with Gasteiger partial charge in [0, 0.05) is 27.2 Å². The highest BCUT2D eigenvalue weighted by atomic mass is 32.2. The SMILES string of the molecule is CC1SCC(C(=O)c2ccsc2)SC1C. The molecule has 1 saturated heterocycles. The first-order valence-corrected chi connectivity index (χ1v) is 7.95. The summed E-state index contributed by atoms with van der Waals surface area (Å²) >= 11 is 5.35. The third-order valence-corrected chi connectivity index (χ3v) is 6.72. The molecular formula is C11H14OS3. The summed E-state index contributed by atoms with van der Waals surface area (Å²) in [4.78, 5) is 12.1. The van der Waals surface area contributed by atoms with Crippen LogP contribution in [0.2, 0.25) is 0 Å². The number of rotatable bonds is 2. The van der Waals surface area contributed by atoms with E-state index in [-0.39, 0.29) is 5.25 Å². The van der Waals surface area contributed by atoms with Crippen LogP contribution < -0.4 is 0 Å². The predicted octanol–water partition coefficient (Wildman–Crippen LogP) is 3.56. The Morgan fingerprint density at radius 3 is 2.80 bits per heavy atom. The van der Waals surface area contributed by atoms with E-state index in [9.17, 15) is 4.79 Å². The zero-order valence-electron chi connectivity index (χ0n) is 8.80. The number of hydrogen-bond donors (Lipinski definition) is 0. The molecule has 82 valence electrons. The minimum absolute atomic E-state index is 0.163. The van der Waals surface area contributed by atoms with Crippen LogP contribution in [0.25, 0.3) is 0 Å². The molecule has 0 bridgehead atoms. The van der Waals surface area contributed by atoms with Crippen molar-refractivity contribution in [2.75, 3.05) is 5.75 Å². The smallest absolute Gasteiger partial charge is 0.177 e. The van der Waals surface area contributed by atoms with Crippen molar-refractivity contribution in [2.24, 2.45) is 0 Å². The van der Waals surface area contributed by atoms with Crippen LogP contribution in [-0.2, 0) is 0 Å². The van der Waals surface area contributed by atoms with Gasteiger partial charge in [0.1, 0.15) is 0 Å². The predicted molar refractivity (Wildman–Crippen MR) is 71.4 cm³/mol. The zero-order valence-corrected chi connectivity index (χ0v) is 11.3. The molecule has 3 atom stereocenters. The molecule has 0 saturated carbocycles. The van der Waals surface area contributed by atoms with Crippen LogP contribution in [0, 0.1) is 0 Å². The third kappa shape index (κ3) is 2.60. The van der Waals surface area contributed by atoms with Crippen LogP contribution in [0.3, 0.4) is 0 Å². The highest BCUT2D eigenvalue weighted by Gasteiger charge is 2.30. The second-order valence-electron chi connectivity index (χ2n) is 3.74. The summed E-state index contributed by atoms with van der Waals surface area (Å²) < 4.78 is 0. The molecule has 0 spiro atoms. The molecule has 3 unspecified atom stereocenters. The highest BCUT2D eigenvalue weighted by molar-refractivity contribution is 8.08. The molecule has 1 aliphatic heterocycles. The summed E-state index contributed by atoms with van der Waals surface area (Å²) in [6.45, 7) is 4.46. The second kappa shape index (κ2) is 4.93. The van der Waals surface area contributed by atoms with Gasteiger partial charge in [-0.1, -0.05) is 13.8 Å². The molecule has 2 rings (SSSR count). The van der Waals surface area contributed by atoms with Crippen molar-refractivity contribution in [1.29, 1.82) is 0 Å². The van der Waals surface area contributed by atoms with E-state index in [4.69, 9.17) is 0 Å². The van der Waals surface area contributed by atoms with Crippen molar-refractivity contribution in [3.63, 3.8) is 0 Å². The van der Waals surface area contributed by atoms with Crippen molar-refractivity contribution in [1.82, 2.24) is 0 Å². The Kier molecular flexibility index (Phi) is 3.80. The minimum atomic E-state index is 0.163. The molecule has 0 aromatic carbocycles. The zero-order chi connectivity index (χ0) is 10.8. The summed E-state index contributed by atoms with van der Waals surface area (Å²) in [7, 11) is 0. The normalized spacial score (nSPS) is 31.5. The third-order valence-electron chi connectivity index (χ3n) is 2.65. The van der Waals surface area contributed by atoms with E-state index in [1.807, 2.05) is 40.4 Å². The summed E-state index contributed by atoms with van der Waals surface area (Å²) in [5.41, 5.74) is 0.889. The van der Waals surface area contributed by atoms with Crippen molar-refractivity contribution in [2.45, 2.75) is 29.6 Å². The Morgan fingerprint density at radius 1 is 1.40 bits per heavy atom. The van der Waals surface area contributed by atoms with Gasteiger partial charge in [0.2, 0.25) is 0 Å². The van der Waals surface area contributed by atoms with Gasteiger partial charge in [-0.05, 0) is 11.4 Å². The molecular weight excluding hydrogens is 244 g/mol. The quantitative estimate of drug-likeness (QED) is 0.755. The number of thioether (sulfide) groups is 2. The van der Waals surface area contributed by atoms with E-state index in [0.717, 1.165) is 11.3 Å². The van der Waals surface area contributed by atoms with Gasteiger partial charge >= 0.3 is 0 Å². The molecule has 0 radical (unpaired) electrons. The topological polar surface area (TPSA) is 17.1 Å². The average Bonchev–Trinajstić information content (AvgIpc) is 2.74. The lowest BCUT2D eigenvalue weighted by molar-refractivity contribution is 0.0995. The van der Waals surface area contributed by atoms with E-state index in [1.165, 1.54) is 0 Å². The van der Waals surface area contributed by atoms with Crippen LogP contribution in [-0.4, -0.2) is 27.3 Å². The van der Waals surface area contributed by atoms with Gasteiger partial charge in [0.05, 0.1) is 5.25 Å². The van der Waals surface area contributed by atoms with Gasteiger partial charge in [-0.15, -0.1) is 11.8 Å². The van der Waals surface area contributed by atoms with Crippen molar-refractivity contribution >= 4 is 40.6 Å². The van der Waals surface area contributed by atoms with Gasteiger partial charge in [-0.25, -0.2) is 0 Å². The standard InChI is InChI=1S/C11H14OS3/c1-7-8(2)15-10(6-14-7)11(12)9-3-4-13-5-9/h3-5,7-8,10H,6H2,1-2H3. The van der Waals surface area contributed by atoms with E-state index >= 15 is 0 Å². The van der Waals surface area contributed by atoms with E-state index in [2.05, 4.69) is 13.8 Å². The number of hydrogen-bond acceptors (Lipinski definition) is 4. The molecule has 0 amide bonds. The maximum Gasteiger partial charge on any atom is 0.177 e. The minimum Gasteiger partial charge on any atom is -0.293 e. The number of Topliss-reactive ketones (excluding diaryl/α,β-unsaturated/α-hetero) is 1. The molecule has 1 nitrogen and oxygen atoms in total. The first-order chi connectivity index (χ1) is 7.18. The monoisotopic (exact) mass is 258 g/mol. The van der Waals surface area contributed by atoms with Gasteiger partial charge in [-0.3, -0.25) is 4.79 Å². The van der Waals surface area contributed by atoms with Crippen LogP contribution in [0.4, 0.5) is 0 Å². The first-order valence-electron chi connectivity index (χ1n) is 5.02. The highest BCUT2D eigenvalue weighted by Crippen LogP contribution is 2.37. The molecule has 15 heavy (non-hydrogen) atoms. The molecule has 2 heterocycles. The number of carbonyl (C=O) groups is 1.